The van der Waals surface area contributed by atoms with E-state index in [1.54, 1.807) is 10.9 Å². The molecule has 0 aliphatic carbocycles. The summed E-state index contributed by atoms with van der Waals surface area (Å²) in [7, 11) is -2.75. The predicted molar refractivity (Wildman–Crippen MR) is 78.6 cm³/mol. The van der Waals surface area contributed by atoms with Crippen molar-refractivity contribution in [3.63, 3.8) is 0 Å². The molecule has 0 saturated heterocycles. The summed E-state index contributed by atoms with van der Waals surface area (Å²) >= 11 is 1.32. The van der Waals surface area contributed by atoms with Crippen molar-refractivity contribution >= 4 is 27.0 Å². The lowest BCUT2D eigenvalue weighted by Crippen LogP contribution is -2.27. The second-order valence-electron chi connectivity index (χ2n) is 4.55. The molecule has 0 saturated carbocycles. The highest BCUT2D eigenvalue weighted by atomic mass is 32.2. The number of benzene rings is 1. The molecule has 0 spiro atoms. The van der Waals surface area contributed by atoms with Crippen LogP contribution in [0, 0.1) is 22.9 Å². The molecule has 0 fully saturated rings. The minimum Gasteiger partial charge on any atom is -0.258 e. The Kier molecular flexibility index (Phi) is 4.54. The molecule has 0 aliphatic heterocycles. The molecular formula is C12H12FN3O4S2. The van der Waals surface area contributed by atoms with Crippen LogP contribution in [-0.4, -0.2) is 29.7 Å². The van der Waals surface area contributed by atoms with E-state index in [1.807, 2.05) is 0 Å². The van der Waals surface area contributed by atoms with Gasteiger partial charge >= 0.3 is 0 Å². The monoisotopic (exact) mass is 345 g/mol. The van der Waals surface area contributed by atoms with Crippen molar-refractivity contribution < 1.29 is 17.7 Å². The quantitative estimate of drug-likeness (QED) is 0.612. The number of sulfonamides is 1. The van der Waals surface area contributed by atoms with Gasteiger partial charge in [-0.25, -0.2) is 17.8 Å². The van der Waals surface area contributed by atoms with Gasteiger partial charge in [-0.3, -0.25) is 10.1 Å². The fourth-order valence-corrected chi connectivity index (χ4v) is 3.51. The standard InChI is InChI=1S/C12H12FN3O4S2/c1-8-11(13)3-10(4-12(8)16(17)18)22(19,20)15(2)5-9-6-21-7-14-9/h3-4,6-7H,5H2,1-2H3. The zero-order valence-electron chi connectivity index (χ0n) is 11.7. The van der Waals surface area contributed by atoms with Crippen molar-refractivity contribution in [3.05, 3.63) is 50.2 Å². The second kappa shape index (κ2) is 6.07. The molecule has 7 nitrogen and oxygen atoms in total. The van der Waals surface area contributed by atoms with E-state index >= 15 is 0 Å². The first kappa shape index (κ1) is 16.5. The molecule has 118 valence electrons. The average Bonchev–Trinajstić information content (AvgIpc) is 2.93. The zero-order chi connectivity index (χ0) is 16.5. The normalized spacial score (nSPS) is 11.8. The first-order valence-electron chi connectivity index (χ1n) is 6.01. The van der Waals surface area contributed by atoms with Gasteiger partial charge < -0.3 is 0 Å². The van der Waals surface area contributed by atoms with Gasteiger partial charge in [0.1, 0.15) is 5.82 Å². The topological polar surface area (TPSA) is 93.4 Å². The molecule has 0 radical (unpaired) electrons. The van der Waals surface area contributed by atoms with Crippen LogP contribution < -0.4 is 0 Å². The van der Waals surface area contributed by atoms with Crippen LogP contribution in [0.25, 0.3) is 0 Å². The molecule has 0 bridgehead atoms. The summed E-state index contributed by atoms with van der Waals surface area (Å²) < 4.78 is 39.6. The Balaban J connectivity index is 2.43. The summed E-state index contributed by atoms with van der Waals surface area (Å²) in [6.07, 6.45) is 0. The maximum atomic E-state index is 13.8. The molecule has 22 heavy (non-hydrogen) atoms. The largest absolute Gasteiger partial charge is 0.276 e. The van der Waals surface area contributed by atoms with Crippen LogP contribution in [0.2, 0.25) is 0 Å². The average molecular weight is 345 g/mol. The first-order chi connectivity index (χ1) is 10.2. The number of thiazole rings is 1. The number of nitro benzene ring substituents is 1. The van der Waals surface area contributed by atoms with E-state index in [0.29, 0.717) is 5.69 Å². The van der Waals surface area contributed by atoms with E-state index in [0.717, 1.165) is 16.4 Å². The third-order valence-corrected chi connectivity index (χ3v) is 5.48. The van der Waals surface area contributed by atoms with Gasteiger partial charge in [0.15, 0.2) is 0 Å². The molecule has 1 heterocycles. The highest BCUT2D eigenvalue weighted by Crippen LogP contribution is 2.27. The van der Waals surface area contributed by atoms with Crippen molar-refractivity contribution in [2.24, 2.45) is 0 Å². The van der Waals surface area contributed by atoms with E-state index in [-0.39, 0.29) is 12.1 Å². The SMILES string of the molecule is Cc1c(F)cc(S(=O)(=O)N(C)Cc2cscn2)cc1[N+](=O)[O-]. The minimum atomic E-state index is -4.06. The summed E-state index contributed by atoms with van der Waals surface area (Å²) in [5.41, 5.74) is 1.33. The fraction of sp³-hybridized carbons (Fsp3) is 0.250. The highest BCUT2D eigenvalue weighted by molar-refractivity contribution is 7.89. The van der Waals surface area contributed by atoms with E-state index < -0.39 is 31.3 Å². The number of hydrogen-bond donors (Lipinski definition) is 0. The Morgan fingerprint density at radius 1 is 1.45 bits per heavy atom. The lowest BCUT2D eigenvalue weighted by Gasteiger charge is -2.16. The third-order valence-electron chi connectivity index (χ3n) is 3.06. The molecule has 0 N–H and O–H groups in total. The molecule has 0 atom stereocenters. The maximum absolute atomic E-state index is 13.8. The van der Waals surface area contributed by atoms with Crippen LogP contribution in [-0.2, 0) is 16.6 Å². The summed E-state index contributed by atoms with van der Waals surface area (Å²) in [5, 5.41) is 12.6. The molecule has 0 unspecified atom stereocenters. The Bertz CT molecular complexity index is 806. The zero-order valence-corrected chi connectivity index (χ0v) is 13.3. The lowest BCUT2D eigenvalue weighted by atomic mass is 10.2. The van der Waals surface area contributed by atoms with Crippen molar-refractivity contribution in [3.8, 4) is 0 Å². The molecule has 1 aromatic carbocycles. The molecular weight excluding hydrogens is 333 g/mol. The number of nitro groups is 1. The number of nitrogens with zero attached hydrogens (tertiary/aromatic N) is 3. The van der Waals surface area contributed by atoms with E-state index in [2.05, 4.69) is 4.98 Å². The number of halogens is 1. The number of hydrogen-bond acceptors (Lipinski definition) is 6. The molecule has 0 aliphatic rings. The van der Waals surface area contributed by atoms with Gasteiger partial charge in [-0.2, -0.15) is 4.31 Å². The first-order valence-corrected chi connectivity index (χ1v) is 8.39. The van der Waals surface area contributed by atoms with Crippen LogP contribution in [0.3, 0.4) is 0 Å². The number of aromatic nitrogens is 1. The van der Waals surface area contributed by atoms with E-state index in [9.17, 15) is 22.9 Å². The van der Waals surface area contributed by atoms with Crippen molar-refractivity contribution in [1.29, 1.82) is 0 Å². The fourth-order valence-electron chi connectivity index (χ4n) is 1.79. The molecule has 10 heteroatoms. The van der Waals surface area contributed by atoms with Gasteiger partial charge in [-0.05, 0) is 13.0 Å². The van der Waals surface area contributed by atoms with Gasteiger partial charge in [0.25, 0.3) is 5.69 Å². The van der Waals surface area contributed by atoms with Crippen LogP contribution in [0.1, 0.15) is 11.3 Å². The highest BCUT2D eigenvalue weighted by Gasteiger charge is 2.26. The van der Waals surface area contributed by atoms with Crippen molar-refractivity contribution in [1.82, 2.24) is 9.29 Å². The van der Waals surface area contributed by atoms with Gasteiger partial charge in [-0.15, -0.1) is 11.3 Å². The molecule has 0 amide bonds. The smallest absolute Gasteiger partial charge is 0.258 e. The third kappa shape index (κ3) is 3.13. The van der Waals surface area contributed by atoms with Gasteiger partial charge in [0.05, 0.1) is 33.1 Å². The summed E-state index contributed by atoms with van der Waals surface area (Å²) in [6, 6.07) is 1.65. The Hall–Kier alpha value is -1.91. The summed E-state index contributed by atoms with van der Waals surface area (Å²) in [4.78, 5) is 13.6. The Morgan fingerprint density at radius 3 is 2.68 bits per heavy atom. The molecule has 2 rings (SSSR count). The maximum Gasteiger partial charge on any atom is 0.276 e. The Morgan fingerprint density at radius 2 is 2.14 bits per heavy atom. The van der Waals surface area contributed by atoms with Crippen LogP contribution in [0.15, 0.2) is 27.9 Å². The van der Waals surface area contributed by atoms with Crippen molar-refractivity contribution in [2.45, 2.75) is 18.4 Å². The van der Waals surface area contributed by atoms with Crippen LogP contribution in [0.4, 0.5) is 10.1 Å². The Labute approximate surface area is 130 Å². The van der Waals surface area contributed by atoms with Crippen LogP contribution >= 0.6 is 11.3 Å². The van der Waals surface area contributed by atoms with E-state index in [1.165, 1.54) is 25.3 Å². The summed E-state index contributed by atoms with van der Waals surface area (Å²) in [6.45, 7) is 1.22. The summed E-state index contributed by atoms with van der Waals surface area (Å²) in [5.74, 6) is -0.935. The van der Waals surface area contributed by atoms with Crippen LogP contribution in [0.5, 0.6) is 0 Å². The van der Waals surface area contributed by atoms with Gasteiger partial charge in [-0.1, -0.05) is 0 Å². The second-order valence-corrected chi connectivity index (χ2v) is 7.31. The lowest BCUT2D eigenvalue weighted by molar-refractivity contribution is -0.385. The molecule has 2 aromatic rings. The minimum absolute atomic E-state index is 0.00483. The molecule has 1 aromatic heterocycles. The number of rotatable bonds is 5. The predicted octanol–water partition coefficient (Wildman–Crippen LogP) is 2.32. The van der Waals surface area contributed by atoms with Gasteiger partial charge in [0, 0.05) is 18.5 Å². The van der Waals surface area contributed by atoms with Gasteiger partial charge in [0.2, 0.25) is 10.0 Å². The van der Waals surface area contributed by atoms with E-state index in [4.69, 9.17) is 0 Å². The van der Waals surface area contributed by atoms with Crippen molar-refractivity contribution in [2.75, 3.05) is 7.05 Å².